The number of ether oxygens (including phenoxy) is 1. The summed E-state index contributed by atoms with van der Waals surface area (Å²) in [5.74, 6) is 0.0305. The van der Waals surface area contributed by atoms with Gasteiger partial charge in [-0.25, -0.2) is 0 Å². The van der Waals surface area contributed by atoms with E-state index >= 15 is 0 Å². The number of aromatic nitrogens is 2. The summed E-state index contributed by atoms with van der Waals surface area (Å²) in [5, 5.41) is 6.64. The minimum atomic E-state index is -0.387. The van der Waals surface area contributed by atoms with Crippen LogP contribution >= 0.6 is 0 Å². The summed E-state index contributed by atoms with van der Waals surface area (Å²) in [6.45, 7) is 4.81. The van der Waals surface area contributed by atoms with Crippen molar-refractivity contribution in [3.05, 3.63) is 41.5 Å². The Hall–Kier alpha value is -2.94. The standard InChI is InChI=1S/C19H25N5O4/c1-2-24-9-3-4-14(24)11-21-18(26)19-22-17(23-28-19)12-27-15-7-5-13(6-8-15)10-16(20)25/h5-8,14H,2-4,9-12H2,1H3,(H2,20,25)(H,21,26)/t14-/m1/s1. The zero-order valence-electron chi connectivity index (χ0n) is 15.9. The Kier molecular flexibility index (Phi) is 6.59. The highest BCUT2D eigenvalue weighted by Crippen LogP contribution is 2.16. The third-order valence-corrected chi connectivity index (χ3v) is 4.74. The van der Waals surface area contributed by atoms with E-state index in [0.29, 0.717) is 18.3 Å². The van der Waals surface area contributed by atoms with Gasteiger partial charge in [-0.2, -0.15) is 4.98 Å². The van der Waals surface area contributed by atoms with E-state index in [4.69, 9.17) is 15.0 Å². The van der Waals surface area contributed by atoms with E-state index in [1.54, 1.807) is 24.3 Å². The number of primary amides is 1. The first-order valence-electron chi connectivity index (χ1n) is 9.40. The molecule has 0 aliphatic carbocycles. The van der Waals surface area contributed by atoms with E-state index in [-0.39, 0.29) is 36.6 Å². The van der Waals surface area contributed by atoms with Gasteiger partial charge in [0.1, 0.15) is 5.75 Å². The highest BCUT2D eigenvalue weighted by molar-refractivity contribution is 5.89. The van der Waals surface area contributed by atoms with Crippen LogP contribution in [0.2, 0.25) is 0 Å². The summed E-state index contributed by atoms with van der Waals surface area (Å²) in [6.07, 6.45) is 2.41. The van der Waals surface area contributed by atoms with Crippen LogP contribution in [0.15, 0.2) is 28.8 Å². The van der Waals surface area contributed by atoms with E-state index in [0.717, 1.165) is 31.5 Å². The van der Waals surface area contributed by atoms with Crippen LogP contribution in [0, 0.1) is 0 Å². The summed E-state index contributed by atoms with van der Waals surface area (Å²) >= 11 is 0. The van der Waals surface area contributed by atoms with Gasteiger partial charge in [-0.15, -0.1) is 0 Å². The molecule has 1 fully saturated rings. The van der Waals surface area contributed by atoms with Gasteiger partial charge in [-0.3, -0.25) is 14.5 Å². The number of carbonyl (C=O) groups excluding carboxylic acids is 2. The number of amides is 2. The molecule has 2 heterocycles. The molecule has 1 aliphatic rings. The first-order chi connectivity index (χ1) is 13.5. The van der Waals surface area contributed by atoms with Crippen molar-refractivity contribution in [2.75, 3.05) is 19.6 Å². The van der Waals surface area contributed by atoms with Crippen molar-refractivity contribution >= 4 is 11.8 Å². The van der Waals surface area contributed by atoms with Crippen LogP contribution in [0.4, 0.5) is 0 Å². The lowest BCUT2D eigenvalue weighted by molar-refractivity contribution is -0.117. The number of nitrogens with one attached hydrogen (secondary N) is 1. The summed E-state index contributed by atoms with van der Waals surface area (Å²) < 4.78 is 10.6. The summed E-state index contributed by atoms with van der Waals surface area (Å²) in [6, 6.07) is 7.34. The number of nitrogens with two attached hydrogens (primary N) is 1. The molecule has 9 nitrogen and oxygen atoms in total. The minimum Gasteiger partial charge on any atom is -0.485 e. The lowest BCUT2D eigenvalue weighted by atomic mass is 10.1. The lowest BCUT2D eigenvalue weighted by Crippen LogP contribution is -2.40. The average molecular weight is 387 g/mol. The molecule has 1 aromatic heterocycles. The molecule has 2 aromatic rings. The first-order valence-corrected chi connectivity index (χ1v) is 9.40. The third kappa shape index (κ3) is 5.29. The second-order valence-electron chi connectivity index (χ2n) is 6.73. The van der Waals surface area contributed by atoms with Gasteiger partial charge in [-0.05, 0) is 43.6 Å². The van der Waals surface area contributed by atoms with Gasteiger partial charge in [0.05, 0.1) is 6.42 Å². The fraction of sp³-hybridized carbons (Fsp3) is 0.474. The van der Waals surface area contributed by atoms with Crippen molar-refractivity contribution < 1.29 is 18.8 Å². The van der Waals surface area contributed by atoms with Crippen LogP contribution in [-0.4, -0.2) is 52.5 Å². The predicted octanol–water partition coefficient (Wildman–Crippen LogP) is 0.891. The fourth-order valence-corrected chi connectivity index (χ4v) is 3.29. The number of rotatable bonds is 9. The van der Waals surface area contributed by atoms with Crippen LogP contribution < -0.4 is 15.8 Å². The molecule has 0 unspecified atom stereocenters. The monoisotopic (exact) mass is 387 g/mol. The summed E-state index contributed by atoms with van der Waals surface area (Å²) in [7, 11) is 0. The first kappa shape index (κ1) is 19.8. The Balaban J connectivity index is 1.47. The minimum absolute atomic E-state index is 0.0676. The van der Waals surface area contributed by atoms with Crippen LogP contribution in [0.25, 0.3) is 0 Å². The molecule has 1 atom stereocenters. The highest BCUT2D eigenvalue weighted by atomic mass is 16.5. The van der Waals surface area contributed by atoms with Gasteiger partial charge in [0.15, 0.2) is 6.61 Å². The third-order valence-electron chi connectivity index (χ3n) is 4.74. The molecule has 1 aliphatic heterocycles. The van der Waals surface area contributed by atoms with Gasteiger partial charge in [-0.1, -0.05) is 24.2 Å². The summed E-state index contributed by atoms with van der Waals surface area (Å²) in [5.41, 5.74) is 5.97. The number of hydrogen-bond acceptors (Lipinski definition) is 7. The quantitative estimate of drug-likeness (QED) is 0.655. The molecule has 0 spiro atoms. The van der Waals surface area contributed by atoms with Gasteiger partial charge in [0.25, 0.3) is 0 Å². The van der Waals surface area contributed by atoms with Crippen LogP contribution in [-0.2, 0) is 17.8 Å². The van der Waals surface area contributed by atoms with Crippen molar-refractivity contribution in [1.82, 2.24) is 20.4 Å². The largest absolute Gasteiger partial charge is 0.485 e. The van der Waals surface area contributed by atoms with Crippen molar-refractivity contribution in [2.24, 2.45) is 5.73 Å². The van der Waals surface area contributed by atoms with Gasteiger partial charge in [0.2, 0.25) is 11.7 Å². The maximum Gasteiger partial charge on any atom is 0.316 e. The van der Waals surface area contributed by atoms with Crippen LogP contribution in [0.1, 0.15) is 41.8 Å². The van der Waals surface area contributed by atoms with E-state index < -0.39 is 0 Å². The Labute approximate surface area is 163 Å². The number of hydrogen-bond donors (Lipinski definition) is 2. The Morgan fingerprint density at radius 2 is 2.14 bits per heavy atom. The normalized spacial score (nSPS) is 16.8. The van der Waals surface area contributed by atoms with Crippen molar-refractivity contribution in [1.29, 1.82) is 0 Å². The zero-order chi connectivity index (χ0) is 19.9. The van der Waals surface area contributed by atoms with Gasteiger partial charge in [0, 0.05) is 12.6 Å². The number of likely N-dealkylation sites (tertiary alicyclic amines) is 1. The number of likely N-dealkylation sites (N-methyl/N-ethyl adjacent to an activating group) is 1. The second-order valence-corrected chi connectivity index (χ2v) is 6.73. The second kappa shape index (κ2) is 9.32. The van der Waals surface area contributed by atoms with Gasteiger partial charge < -0.3 is 20.3 Å². The molecule has 3 rings (SSSR count). The highest BCUT2D eigenvalue weighted by Gasteiger charge is 2.24. The smallest absolute Gasteiger partial charge is 0.316 e. The zero-order valence-corrected chi connectivity index (χ0v) is 15.9. The molecule has 0 bridgehead atoms. The Morgan fingerprint density at radius 3 is 2.86 bits per heavy atom. The van der Waals surface area contributed by atoms with Crippen molar-refractivity contribution in [3.8, 4) is 5.75 Å². The Bertz CT molecular complexity index is 805. The molecular weight excluding hydrogens is 362 g/mol. The van der Waals surface area contributed by atoms with Gasteiger partial charge >= 0.3 is 11.8 Å². The SMILES string of the molecule is CCN1CCC[C@@H]1CNC(=O)c1nc(COc2ccc(CC(N)=O)cc2)no1. The number of carbonyl (C=O) groups is 2. The van der Waals surface area contributed by atoms with E-state index in [1.807, 2.05) is 0 Å². The predicted molar refractivity (Wildman–Crippen MR) is 101 cm³/mol. The van der Waals surface area contributed by atoms with E-state index in [9.17, 15) is 9.59 Å². The van der Waals surface area contributed by atoms with Crippen LogP contribution in [0.3, 0.4) is 0 Å². The topological polar surface area (TPSA) is 124 Å². The molecule has 1 saturated heterocycles. The fourth-order valence-electron chi connectivity index (χ4n) is 3.29. The molecule has 0 saturated carbocycles. The molecule has 28 heavy (non-hydrogen) atoms. The van der Waals surface area contributed by atoms with E-state index in [2.05, 4.69) is 27.3 Å². The molecule has 1 aromatic carbocycles. The lowest BCUT2D eigenvalue weighted by Gasteiger charge is -2.22. The molecule has 9 heteroatoms. The molecular formula is C19H25N5O4. The molecule has 2 amide bonds. The van der Waals surface area contributed by atoms with Crippen molar-refractivity contribution in [2.45, 2.75) is 38.8 Å². The van der Waals surface area contributed by atoms with Crippen LogP contribution in [0.5, 0.6) is 5.75 Å². The Morgan fingerprint density at radius 1 is 1.36 bits per heavy atom. The van der Waals surface area contributed by atoms with Crippen molar-refractivity contribution in [3.63, 3.8) is 0 Å². The average Bonchev–Trinajstić information content (AvgIpc) is 3.34. The number of benzene rings is 1. The maximum absolute atomic E-state index is 12.2. The molecule has 0 radical (unpaired) electrons. The van der Waals surface area contributed by atoms with E-state index in [1.165, 1.54) is 0 Å². The maximum atomic E-state index is 12.2. The number of nitrogens with zero attached hydrogens (tertiary/aromatic N) is 3. The molecule has 3 N–H and O–H groups in total. The summed E-state index contributed by atoms with van der Waals surface area (Å²) in [4.78, 5) is 29.5. The molecule has 150 valence electrons.